The SMILES string of the molecule is CC1=CC(=O)N2C=NN[C@H]2N1. The summed E-state index contributed by atoms with van der Waals surface area (Å²) in [6.07, 6.45) is 2.82. The molecule has 5 heteroatoms. The summed E-state index contributed by atoms with van der Waals surface area (Å²) in [6, 6.07) is 0. The van der Waals surface area contributed by atoms with Gasteiger partial charge < -0.3 is 5.32 Å². The quantitative estimate of drug-likeness (QED) is 0.475. The first kappa shape index (κ1) is 6.21. The fourth-order valence-electron chi connectivity index (χ4n) is 1.10. The van der Waals surface area contributed by atoms with E-state index in [-0.39, 0.29) is 12.2 Å². The number of amides is 1. The summed E-state index contributed by atoms with van der Waals surface area (Å²) < 4.78 is 0. The molecule has 2 aliphatic rings. The highest BCUT2D eigenvalue weighted by Gasteiger charge is 2.27. The van der Waals surface area contributed by atoms with Crippen LogP contribution in [0.15, 0.2) is 16.9 Å². The van der Waals surface area contributed by atoms with Crippen molar-refractivity contribution in [2.24, 2.45) is 5.10 Å². The molecule has 2 heterocycles. The van der Waals surface area contributed by atoms with Gasteiger partial charge in [-0.2, -0.15) is 5.10 Å². The molecule has 58 valence electrons. The van der Waals surface area contributed by atoms with Crippen molar-refractivity contribution in [1.29, 1.82) is 0 Å². The zero-order valence-corrected chi connectivity index (χ0v) is 6.03. The minimum absolute atomic E-state index is 0.0417. The fraction of sp³-hybridized carbons (Fsp3) is 0.333. The van der Waals surface area contributed by atoms with Crippen molar-refractivity contribution in [1.82, 2.24) is 15.6 Å². The summed E-state index contributed by atoms with van der Waals surface area (Å²) in [5, 5.41) is 6.79. The van der Waals surface area contributed by atoms with Crippen molar-refractivity contribution in [2.45, 2.75) is 13.2 Å². The predicted octanol–water partition coefficient (Wildman–Crippen LogP) is -0.848. The topological polar surface area (TPSA) is 56.7 Å². The van der Waals surface area contributed by atoms with Crippen LogP contribution in [0.3, 0.4) is 0 Å². The standard InChI is InChI=1S/C6H8N4O/c1-4-2-5(11)10-3-7-9-6(10)8-4/h2-3,6,8-9H,1H3/t6-/m1/s1. The number of hydrazone groups is 1. The summed E-state index contributed by atoms with van der Waals surface area (Å²) in [5.74, 6) is -0.0417. The van der Waals surface area contributed by atoms with E-state index in [1.807, 2.05) is 6.92 Å². The number of nitrogens with zero attached hydrogens (tertiary/aromatic N) is 2. The normalized spacial score (nSPS) is 27.4. The lowest BCUT2D eigenvalue weighted by molar-refractivity contribution is -0.124. The van der Waals surface area contributed by atoms with Crippen LogP contribution in [0.5, 0.6) is 0 Å². The van der Waals surface area contributed by atoms with E-state index in [1.54, 1.807) is 0 Å². The summed E-state index contributed by atoms with van der Waals surface area (Å²) in [5.41, 5.74) is 3.60. The Balaban J connectivity index is 2.28. The highest BCUT2D eigenvalue weighted by molar-refractivity contribution is 5.97. The van der Waals surface area contributed by atoms with Crippen molar-refractivity contribution in [2.75, 3.05) is 0 Å². The summed E-state index contributed by atoms with van der Waals surface area (Å²) in [4.78, 5) is 12.7. The van der Waals surface area contributed by atoms with E-state index < -0.39 is 0 Å². The number of allylic oxidation sites excluding steroid dienone is 1. The molecule has 0 aliphatic carbocycles. The van der Waals surface area contributed by atoms with Gasteiger partial charge in [-0.15, -0.1) is 0 Å². The Kier molecular flexibility index (Phi) is 1.12. The molecule has 2 N–H and O–H groups in total. The first-order chi connectivity index (χ1) is 5.27. The van der Waals surface area contributed by atoms with E-state index >= 15 is 0 Å². The van der Waals surface area contributed by atoms with Crippen molar-refractivity contribution >= 4 is 12.2 Å². The Labute approximate surface area is 63.7 Å². The van der Waals surface area contributed by atoms with E-state index in [0.717, 1.165) is 5.70 Å². The van der Waals surface area contributed by atoms with Crippen LogP contribution >= 0.6 is 0 Å². The van der Waals surface area contributed by atoms with Gasteiger partial charge >= 0.3 is 0 Å². The predicted molar refractivity (Wildman–Crippen MR) is 39.2 cm³/mol. The number of fused-ring (bicyclic) bond motifs is 1. The Bertz CT molecular complexity index is 257. The molecule has 2 aliphatic heterocycles. The number of hydrogen-bond acceptors (Lipinski definition) is 4. The monoisotopic (exact) mass is 152 g/mol. The van der Waals surface area contributed by atoms with Crippen LogP contribution in [0.25, 0.3) is 0 Å². The third kappa shape index (κ3) is 0.849. The first-order valence-corrected chi connectivity index (χ1v) is 3.33. The van der Waals surface area contributed by atoms with Crippen LogP contribution < -0.4 is 10.7 Å². The van der Waals surface area contributed by atoms with Gasteiger partial charge in [-0.3, -0.25) is 15.1 Å². The number of carbonyl (C=O) groups is 1. The van der Waals surface area contributed by atoms with Crippen LogP contribution in [0.1, 0.15) is 6.92 Å². The Morgan fingerprint density at radius 1 is 1.73 bits per heavy atom. The van der Waals surface area contributed by atoms with Gasteiger partial charge in [0.05, 0.1) is 0 Å². The second-order valence-electron chi connectivity index (χ2n) is 2.49. The number of rotatable bonds is 0. The maximum Gasteiger partial charge on any atom is 0.256 e. The molecule has 11 heavy (non-hydrogen) atoms. The summed E-state index contributed by atoms with van der Waals surface area (Å²) >= 11 is 0. The van der Waals surface area contributed by atoms with Gasteiger partial charge in [0.2, 0.25) is 0 Å². The Morgan fingerprint density at radius 3 is 3.36 bits per heavy atom. The maximum absolute atomic E-state index is 11.2. The lowest BCUT2D eigenvalue weighted by Gasteiger charge is -2.26. The molecule has 0 bridgehead atoms. The highest BCUT2D eigenvalue weighted by atomic mass is 16.2. The molecule has 0 saturated carbocycles. The van der Waals surface area contributed by atoms with Crippen molar-refractivity contribution < 1.29 is 4.79 Å². The van der Waals surface area contributed by atoms with E-state index in [9.17, 15) is 4.79 Å². The molecule has 0 aromatic carbocycles. The molecule has 0 aromatic rings. The van der Waals surface area contributed by atoms with Gasteiger partial charge in [-0.25, -0.2) is 0 Å². The zero-order valence-electron chi connectivity index (χ0n) is 6.03. The lowest BCUT2D eigenvalue weighted by Crippen LogP contribution is -2.52. The molecule has 0 fully saturated rings. The van der Waals surface area contributed by atoms with Gasteiger partial charge in [-0.1, -0.05) is 0 Å². The molecule has 5 nitrogen and oxygen atoms in total. The maximum atomic E-state index is 11.2. The van der Waals surface area contributed by atoms with Crippen molar-refractivity contribution in [3.8, 4) is 0 Å². The Morgan fingerprint density at radius 2 is 2.55 bits per heavy atom. The molecule has 1 atom stereocenters. The molecular weight excluding hydrogens is 144 g/mol. The smallest absolute Gasteiger partial charge is 0.256 e. The van der Waals surface area contributed by atoms with E-state index in [1.165, 1.54) is 17.3 Å². The third-order valence-electron chi connectivity index (χ3n) is 1.62. The van der Waals surface area contributed by atoms with Gasteiger partial charge in [-0.05, 0) is 6.92 Å². The number of carbonyl (C=O) groups excluding carboxylic acids is 1. The molecule has 0 spiro atoms. The molecule has 1 amide bonds. The van der Waals surface area contributed by atoms with Gasteiger partial charge in [0, 0.05) is 11.8 Å². The zero-order chi connectivity index (χ0) is 7.84. The van der Waals surface area contributed by atoms with Gasteiger partial charge in [0.1, 0.15) is 6.34 Å². The minimum atomic E-state index is -0.188. The highest BCUT2D eigenvalue weighted by Crippen LogP contribution is 2.07. The minimum Gasteiger partial charge on any atom is -0.350 e. The molecule has 2 rings (SSSR count). The number of hydrogen-bond donors (Lipinski definition) is 2. The van der Waals surface area contributed by atoms with Gasteiger partial charge in [0.25, 0.3) is 5.91 Å². The van der Waals surface area contributed by atoms with Gasteiger partial charge in [0.15, 0.2) is 6.29 Å². The average Bonchev–Trinajstić information content (AvgIpc) is 2.34. The summed E-state index contributed by atoms with van der Waals surface area (Å²) in [6.45, 7) is 1.84. The van der Waals surface area contributed by atoms with E-state index in [0.29, 0.717) is 0 Å². The molecule has 0 unspecified atom stereocenters. The van der Waals surface area contributed by atoms with Crippen LogP contribution in [0.2, 0.25) is 0 Å². The van der Waals surface area contributed by atoms with Crippen LogP contribution in [-0.4, -0.2) is 23.4 Å². The summed E-state index contributed by atoms with van der Waals surface area (Å²) in [7, 11) is 0. The van der Waals surface area contributed by atoms with Crippen LogP contribution in [-0.2, 0) is 4.79 Å². The molecule has 0 saturated heterocycles. The van der Waals surface area contributed by atoms with E-state index in [2.05, 4.69) is 15.8 Å². The molecular formula is C6H8N4O. The van der Waals surface area contributed by atoms with E-state index in [4.69, 9.17) is 0 Å². The third-order valence-corrected chi connectivity index (χ3v) is 1.62. The molecule has 0 radical (unpaired) electrons. The molecule has 0 aromatic heterocycles. The van der Waals surface area contributed by atoms with Crippen LogP contribution in [0, 0.1) is 0 Å². The second-order valence-corrected chi connectivity index (χ2v) is 2.49. The van der Waals surface area contributed by atoms with Crippen molar-refractivity contribution in [3.05, 3.63) is 11.8 Å². The van der Waals surface area contributed by atoms with Crippen LogP contribution in [0.4, 0.5) is 0 Å². The Hall–Kier alpha value is -1.52. The number of nitrogens with one attached hydrogen (secondary N) is 2. The fourth-order valence-corrected chi connectivity index (χ4v) is 1.10. The first-order valence-electron chi connectivity index (χ1n) is 3.33. The van der Waals surface area contributed by atoms with Crippen molar-refractivity contribution in [3.63, 3.8) is 0 Å². The second kappa shape index (κ2) is 1.98. The average molecular weight is 152 g/mol. The largest absolute Gasteiger partial charge is 0.350 e. The lowest BCUT2D eigenvalue weighted by atomic mass is 10.3.